The highest BCUT2D eigenvalue weighted by Crippen LogP contribution is 2.23. The second-order valence-electron chi connectivity index (χ2n) is 3.26. The third-order valence-corrected chi connectivity index (χ3v) is 2.45. The van der Waals surface area contributed by atoms with Crippen molar-refractivity contribution in [3.63, 3.8) is 0 Å². The minimum absolute atomic E-state index is 0.186. The zero-order chi connectivity index (χ0) is 10.7. The molecule has 0 aromatic heterocycles. The molecule has 1 unspecified atom stereocenters. The van der Waals surface area contributed by atoms with Crippen molar-refractivity contribution in [2.24, 2.45) is 5.73 Å². The fraction of sp³-hybridized carbons (Fsp3) is 0.300. The Labute approximate surface area is 91.8 Å². The Morgan fingerprint density at radius 3 is 2.71 bits per heavy atom. The first-order valence-corrected chi connectivity index (χ1v) is 5.12. The Bertz CT molecular complexity index is 350. The number of carbonyl (C=O) groups is 1. The average Bonchev–Trinajstić information content (AvgIpc) is 2.09. The summed E-state index contributed by atoms with van der Waals surface area (Å²) >= 11 is 3.37. The van der Waals surface area contributed by atoms with Gasteiger partial charge >= 0.3 is 0 Å². The number of rotatable bonds is 2. The Morgan fingerprint density at radius 2 is 2.21 bits per heavy atom. The van der Waals surface area contributed by atoms with E-state index in [0.717, 1.165) is 15.7 Å². The summed E-state index contributed by atoms with van der Waals surface area (Å²) in [6, 6.07) is 5.22. The van der Waals surface area contributed by atoms with E-state index in [9.17, 15) is 4.79 Å². The van der Waals surface area contributed by atoms with Crippen LogP contribution in [0.25, 0.3) is 0 Å². The van der Waals surface area contributed by atoms with E-state index in [1.54, 1.807) is 6.92 Å². The maximum atomic E-state index is 11.3. The Kier molecular flexibility index (Phi) is 3.66. The summed E-state index contributed by atoms with van der Waals surface area (Å²) in [5, 5.41) is 2.73. The molecule has 1 amide bonds. The van der Waals surface area contributed by atoms with E-state index in [1.165, 1.54) is 0 Å². The fourth-order valence-electron chi connectivity index (χ4n) is 0.968. The second kappa shape index (κ2) is 4.57. The molecule has 0 aliphatic heterocycles. The molecular weight excluding hydrogens is 244 g/mol. The van der Waals surface area contributed by atoms with E-state index >= 15 is 0 Å². The van der Waals surface area contributed by atoms with Crippen LogP contribution >= 0.6 is 15.9 Å². The van der Waals surface area contributed by atoms with Crippen molar-refractivity contribution in [2.75, 3.05) is 5.32 Å². The largest absolute Gasteiger partial charge is 0.324 e. The van der Waals surface area contributed by atoms with Gasteiger partial charge in [0.25, 0.3) is 0 Å². The molecule has 0 aliphatic carbocycles. The summed E-state index contributed by atoms with van der Waals surface area (Å²) in [5.74, 6) is -0.186. The lowest BCUT2D eigenvalue weighted by Crippen LogP contribution is -2.32. The minimum Gasteiger partial charge on any atom is -0.324 e. The van der Waals surface area contributed by atoms with E-state index in [1.807, 2.05) is 25.1 Å². The molecule has 1 aromatic carbocycles. The van der Waals surface area contributed by atoms with Crippen LogP contribution in [0, 0.1) is 6.92 Å². The first kappa shape index (κ1) is 11.2. The Balaban J connectivity index is 2.82. The van der Waals surface area contributed by atoms with Crippen molar-refractivity contribution in [3.05, 3.63) is 28.2 Å². The number of halogens is 1. The van der Waals surface area contributed by atoms with Gasteiger partial charge < -0.3 is 11.1 Å². The lowest BCUT2D eigenvalue weighted by Gasteiger charge is -2.09. The van der Waals surface area contributed by atoms with Gasteiger partial charge in [0.1, 0.15) is 0 Å². The van der Waals surface area contributed by atoms with E-state index < -0.39 is 6.04 Å². The second-order valence-corrected chi connectivity index (χ2v) is 4.12. The highest BCUT2D eigenvalue weighted by atomic mass is 79.9. The molecule has 4 heteroatoms. The molecule has 1 rings (SSSR count). The quantitative estimate of drug-likeness (QED) is 0.851. The molecule has 76 valence electrons. The number of benzene rings is 1. The molecule has 0 radical (unpaired) electrons. The summed E-state index contributed by atoms with van der Waals surface area (Å²) in [7, 11) is 0. The van der Waals surface area contributed by atoms with Gasteiger partial charge in [-0.3, -0.25) is 4.79 Å². The molecule has 0 fully saturated rings. The van der Waals surface area contributed by atoms with Gasteiger partial charge in [0.05, 0.1) is 11.7 Å². The van der Waals surface area contributed by atoms with Crippen LogP contribution in [-0.4, -0.2) is 11.9 Å². The predicted molar refractivity (Wildman–Crippen MR) is 61.2 cm³/mol. The van der Waals surface area contributed by atoms with E-state index in [-0.39, 0.29) is 5.91 Å². The molecule has 0 saturated carbocycles. The number of hydrogen-bond donors (Lipinski definition) is 2. The third kappa shape index (κ3) is 2.82. The van der Waals surface area contributed by atoms with Crippen LogP contribution in [0.5, 0.6) is 0 Å². The number of nitrogens with one attached hydrogen (secondary N) is 1. The monoisotopic (exact) mass is 256 g/mol. The molecule has 14 heavy (non-hydrogen) atoms. The molecule has 1 atom stereocenters. The molecule has 0 aliphatic rings. The molecule has 1 aromatic rings. The van der Waals surface area contributed by atoms with Gasteiger partial charge in [0.15, 0.2) is 0 Å². The summed E-state index contributed by atoms with van der Waals surface area (Å²) in [4.78, 5) is 11.3. The Hall–Kier alpha value is -0.870. The smallest absolute Gasteiger partial charge is 0.241 e. The number of amides is 1. The lowest BCUT2D eigenvalue weighted by molar-refractivity contribution is -0.117. The SMILES string of the molecule is Cc1ccc(NC(=O)C(C)N)c(Br)c1. The van der Waals surface area contributed by atoms with Crippen molar-refractivity contribution in [1.29, 1.82) is 0 Å². The molecular formula is C10H13BrN2O. The highest BCUT2D eigenvalue weighted by molar-refractivity contribution is 9.10. The number of anilines is 1. The molecule has 3 nitrogen and oxygen atoms in total. The van der Waals surface area contributed by atoms with Crippen LogP contribution in [0.15, 0.2) is 22.7 Å². The standard InChI is InChI=1S/C10H13BrN2O/c1-6-3-4-9(8(11)5-6)13-10(14)7(2)12/h3-5,7H,12H2,1-2H3,(H,13,14). The van der Waals surface area contributed by atoms with E-state index in [0.29, 0.717) is 0 Å². The minimum atomic E-state index is -0.497. The van der Waals surface area contributed by atoms with Gasteiger partial charge in [-0.25, -0.2) is 0 Å². The first-order chi connectivity index (χ1) is 6.50. The van der Waals surface area contributed by atoms with Gasteiger partial charge in [0.2, 0.25) is 5.91 Å². The predicted octanol–water partition coefficient (Wildman–Crippen LogP) is 2.04. The molecule has 0 spiro atoms. The van der Waals surface area contributed by atoms with Gasteiger partial charge in [-0.05, 0) is 47.5 Å². The van der Waals surface area contributed by atoms with Crippen molar-refractivity contribution in [1.82, 2.24) is 0 Å². The van der Waals surface area contributed by atoms with E-state index in [4.69, 9.17) is 5.73 Å². The topological polar surface area (TPSA) is 55.1 Å². The first-order valence-electron chi connectivity index (χ1n) is 4.33. The van der Waals surface area contributed by atoms with Gasteiger partial charge in [0, 0.05) is 4.47 Å². The lowest BCUT2D eigenvalue weighted by atomic mass is 10.2. The van der Waals surface area contributed by atoms with Crippen LogP contribution in [0.2, 0.25) is 0 Å². The number of nitrogens with two attached hydrogens (primary N) is 1. The summed E-state index contributed by atoms with van der Waals surface area (Å²) in [5.41, 5.74) is 7.32. The number of carbonyl (C=O) groups excluding carboxylic acids is 1. The van der Waals surface area contributed by atoms with Crippen molar-refractivity contribution in [2.45, 2.75) is 19.9 Å². The van der Waals surface area contributed by atoms with Crippen LogP contribution in [-0.2, 0) is 4.79 Å². The number of hydrogen-bond acceptors (Lipinski definition) is 2. The van der Waals surface area contributed by atoms with Crippen molar-refractivity contribution < 1.29 is 4.79 Å². The van der Waals surface area contributed by atoms with Crippen LogP contribution in [0.4, 0.5) is 5.69 Å². The van der Waals surface area contributed by atoms with Gasteiger partial charge in [-0.1, -0.05) is 6.07 Å². The summed E-state index contributed by atoms with van der Waals surface area (Å²) < 4.78 is 0.867. The maximum Gasteiger partial charge on any atom is 0.241 e. The maximum absolute atomic E-state index is 11.3. The van der Waals surface area contributed by atoms with Gasteiger partial charge in [-0.2, -0.15) is 0 Å². The molecule has 0 bridgehead atoms. The molecule has 3 N–H and O–H groups in total. The third-order valence-electron chi connectivity index (χ3n) is 1.80. The summed E-state index contributed by atoms with van der Waals surface area (Å²) in [6.45, 7) is 3.64. The highest BCUT2D eigenvalue weighted by Gasteiger charge is 2.09. The normalized spacial score (nSPS) is 12.3. The van der Waals surface area contributed by atoms with Crippen molar-refractivity contribution >= 4 is 27.5 Å². The Morgan fingerprint density at radius 1 is 1.57 bits per heavy atom. The average molecular weight is 257 g/mol. The van der Waals surface area contributed by atoms with Crippen LogP contribution in [0.3, 0.4) is 0 Å². The van der Waals surface area contributed by atoms with E-state index in [2.05, 4.69) is 21.2 Å². The summed E-state index contributed by atoms with van der Waals surface area (Å²) in [6.07, 6.45) is 0. The van der Waals surface area contributed by atoms with Crippen molar-refractivity contribution in [3.8, 4) is 0 Å². The zero-order valence-electron chi connectivity index (χ0n) is 8.17. The number of aryl methyl sites for hydroxylation is 1. The van der Waals surface area contributed by atoms with Gasteiger partial charge in [-0.15, -0.1) is 0 Å². The fourth-order valence-corrected chi connectivity index (χ4v) is 1.56. The molecule has 0 saturated heterocycles. The molecule has 0 heterocycles. The van der Waals surface area contributed by atoms with Crippen LogP contribution in [0.1, 0.15) is 12.5 Å². The van der Waals surface area contributed by atoms with Crippen LogP contribution < -0.4 is 11.1 Å². The zero-order valence-corrected chi connectivity index (χ0v) is 9.76.